The summed E-state index contributed by atoms with van der Waals surface area (Å²) in [6.07, 6.45) is 7.51. The molecule has 5 aliphatic rings. The maximum absolute atomic E-state index is 12.2. The van der Waals surface area contributed by atoms with Crippen LogP contribution in [0.3, 0.4) is 0 Å². The molecule has 0 aromatic carbocycles. The van der Waals surface area contributed by atoms with Gasteiger partial charge in [0.05, 0.1) is 17.6 Å². The fourth-order valence-corrected chi connectivity index (χ4v) is 8.10. The molecular formula is C22H32O5. The average molecular weight is 376 g/mol. The normalized spacial score (nSPS) is 55.6. The lowest BCUT2D eigenvalue weighted by molar-refractivity contribution is -0.176. The molecule has 1 saturated heterocycles. The Balaban J connectivity index is 1.42. The smallest absolute Gasteiger partial charge is 0.302 e. The first-order valence-electron chi connectivity index (χ1n) is 10.8. The van der Waals surface area contributed by atoms with Crippen molar-refractivity contribution in [2.24, 2.45) is 29.1 Å². The standard InChI is InChI=1S/C22H32O5/c1-12(23)16-7-9-21(25)17-5-4-14-10-15(26-13(2)24)6-8-20(14,3)18(17)11-19-22(16,21)27-19/h14-19,25H,4-11H2,1-3H3/t14-,15+,16-,17?,18?,19-,20+,21+,22-/m1/s1. The molecule has 9 atom stereocenters. The Labute approximate surface area is 161 Å². The molecule has 4 saturated carbocycles. The van der Waals surface area contributed by atoms with E-state index in [4.69, 9.17) is 9.47 Å². The van der Waals surface area contributed by atoms with E-state index in [1.807, 2.05) is 0 Å². The van der Waals surface area contributed by atoms with Crippen LogP contribution in [0.2, 0.25) is 0 Å². The molecule has 0 amide bonds. The first-order chi connectivity index (χ1) is 12.7. The Kier molecular flexibility index (Phi) is 3.73. The number of ketones is 1. The van der Waals surface area contributed by atoms with Crippen molar-refractivity contribution in [1.82, 2.24) is 0 Å². The van der Waals surface area contributed by atoms with Crippen molar-refractivity contribution in [3.05, 3.63) is 0 Å². The number of hydrogen-bond acceptors (Lipinski definition) is 5. The predicted octanol–water partition coefficient (Wildman–Crippen LogP) is 3.02. The highest BCUT2D eigenvalue weighted by Gasteiger charge is 2.82. The van der Waals surface area contributed by atoms with E-state index in [2.05, 4.69) is 6.92 Å². The number of fused-ring (bicyclic) bond motifs is 4. The molecule has 5 rings (SSSR count). The number of hydrogen-bond donors (Lipinski definition) is 1. The quantitative estimate of drug-likeness (QED) is 0.592. The minimum Gasteiger partial charge on any atom is -0.463 e. The second kappa shape index (κ2) is 5.56. The van der Waals surface area contributed by atoms with Gasteiger partial charge in [-0.3, -0.25) is 9.59 Å². The van der Waals surface area contributed by atoms with E-state index in [-0.39, 0.29) is 41.2 Å². The second-order valence-corrected chi connectivity index (χ2v) is 10.3. The van der Waals surface area contributed by atoms with E-state index in [0.29, 0.717) is 18.3 Å². The van der Waals surface area contributed by atoms with Crippen molar-refractivity contribution < 1.29 is 24.2 Å². The van der Waals surface area contributed by atoms with Gasteiger partial charge in [0.1, 0.15) is 17.5 Å². The highest BCUT2D eigenvalue weighted by atomic mass is 16.6. The monoisotopic (exact) mass is 376 g/mol. The summed E-state index contributed by atoms with van der Waals surface area (Å²) >= 11 is 0. The number of esters is 1. The summed E-state index contributed by atoms with van der Waals surface area (Å²) in [5.41, 5.74) is -1.25. The summed E-state index contributed by atoms with van der Waals surface area (Å²) < 4.78 is 11.7. The minimum absolute atomic E-state index is 0.0434. The highest BCUT2D eigenvalue weighted by molar-refractivity contribution is 5.81. The minimum atomic E-state index is -0.836. The Hall–Kier alpha value is -0.940. The first-order valence-corrected chi connectivity index (χ1v) is 10.8. The number of rotatable bonds is 2. The molecule has 0 aromatic rings. The Morgan fingerprint density at radius 1 is 1.04 bits per heavy atom. The van der Waals surface area contributed by atoms with Crippen LogP contribution in [0.25, 0.3) is 0 Å². The van der Waals surface area contributed by atoms with E-state index in [1.165, 1.54) is 6.92 Å². The number of ether oxygens (including phenoxy) is 2. The van der Waals surface area contributed by atoms with Crippen LogP contribution in [-0.2, 0) is 19.1 Å². The Bertz CT molecular complexity index is 690. The van der Waals surface area contributed by atoms with Gasteiger partial charge < -0.3 is 14.6 Å². The topological polar surface area (TPSA) is 76.1 Å². The zero-order chi connectivity index (χ0) is 19.2. The lowest BCUT2D eigenvalue weighted by Crippen LogP contribution is -2.63. The molecule has 5 nitrogen and oxygen atoms in total. The van der Waals surface area contributed by atoms with Crippen LogP contribution in [0.4, 0.5) is 0 Å². The van der Waals surface area contributed by atoms with Gasteiger partial charge in [-0.15, -0.1) is 0 Å². The van der Waals surface area contributed by atoms with Gasteiger partial charge in [-0.05, 0) is 81.5 Å². The fourth-order valence-electron chi connectivity index (χ4n) is 8.10. The molecule has 5 fully saturated rings. The molecule has 0 aromatic heterocycles. The zero-order valence-corrected chi connectivity index (χ0v) is 16.7. The molecule has 27 heavy (non-hydrogen) atoms. The number of aliphatic hydroxyl groups is 1. The van der Waals surface area contributed by atoms with Gasteiger partial charge >= 0.3 is 5.97 Å². The molecule has 0 bridgehead atoms. The number of carbonyl (C=O) groups is 2. The van der Waals surface area contributed by atoms with E-state index >= 15 is 0 Å². The van der Waals surface area contributed by atoms with Crippen LogP contribution < -0.4 is 0 Å². The van der Waals surface area contributed by atoms with Gasteiger partial charge in [0.25, 0.3) is 0 Å². The van der Waals surface area contributed by atoms with Crippen LogP contribution in [-0.4, -0.2) is 40.3 Å². The largest absolute Gasteiger partial charge is 0.463 e. The van der Waals surface area contributed by atoms with Crippen molar-refractivity contribution in [2.45, 2.75) is 95.5 Å². The zero-order valence-electron chi connectivity index (χ0n) is 16.7. The van der Waals surface area contributed by atoms with Gasteiger partial charge in [-0.1, -0.05) is 6.92 Å². The van der Waals surface area contributed by atoms with Gasteiger partial charge in [0.15, 0.2) is 0 Å². The predicted molar refractivity (Wildman–Crippen MR) is 97.8 cm³/mol. The van der Waals surface area contributed by atoms with Gasteiger partial charge in [0.2, 0.25) is 0 Å². The first kappa shape index (κ1) is 18.1. The molecule has 150 valence electrons. The van der Waals surface area contributed by atoms with E-state index in [1.54, 1.807) is 6.92 Å². The van der Waals surface area contributed by atoms with Crippen molar-refractivity contribution in [3.63, 3.8) is 0 Å². The molecule has 1 heterocycles. The third-order valence-corrected chi connectivity index (χ3v) is 9.32. The van der Waals surface area contributed by atoms with E-state index in [0.717, 1.165) is 44.9 Å². The summed E-state index contributed by atoms with van der Waals surface area (Å²) in [7, 11) is 0. The van der Waals surface area contributed by atoms with Crippen LogP contribution in [0.5, 0.6) is 0 Å². The Morgan fingerprint density at radius 2 is 1.81 bits per heavy atom. The summed E-state index contributed by atoms with van der Waals surface area (Å²) in [5.74, 6) is 1.07. The third kappa shape index (κ3) is 2.19. The molecule has 2 unspecified atom stereocenters. The number of carbonyl (C=O) groups excluding carboxylic acids is 2. The summed E-state index contributed by atoms with van der Waals surface area (Å²) in [6.45, 7) is 5.55. The van der Waals surface area contributed by atoms with Crippen LogP contribution >= 0.6 is 0 Å². The van der Waals surface area contributed by atoms with Crippen LogP contribution in [0.15, 0.2) is 0 Å². The van der Waals surface area contributed by atoms with Crippen LogP contribution in [0, 0.1) is 29.1 Å². The van der Waals surface area contributed by atoms with E-state index < -0.39 is 11.2 Å². The molecule has 1 spiro atoms. The summed E-state index contributed by atoms with van der Waals surface area (Å²) in [5, 5.41) is 11.9. The maximum atomic E-state index is 12.2. The molecular weight excluding hydrogens is 344 g/mol. The van der Waals surface area contributed by atoms with Gasteiger partial charge in [-0.2, -0.15) is 0 Å². The van der Waals surface area contributed by atoms with Crippen molar-refractivity contribution in [1.29, 1.82) is 0 Å². The number of Topliss-reactive ketones (excluding diaryl/α,β-unsaturated/α-hetero) is 1. The average Bonchev–Trinajstić information content (AvgIpc) is 3.23. The third-order valence-electron chi connectivity index (χ3n) is 9.32. The molecule has 1 aliphatic heterocycles. The highest BCUT2D eigenvalue weighted by Crippen LogP contribution is 2.72. The van der Waals surface area contributed by atoms with Crippen LogP contribution in [0.1, 0.15) is 72.1 Å². The molecule has 5 heteroatoms. The molecule has 1 N–H and O–H groups in total. The van der Waals surface area contributed by atoms with Gasteiger partial charge in [0, 0.05) is 6.92 Å². The Morgan fingerprint density at radius 3 is 2.52 bits per heavy atom. The maximum Gasteiger partial charge on any atom is 0.302 e. The van der Waals surface area contributed by atoms with E-state index in [9.17, 15) is 14.7 Å². The fraction of sp³-hybridized carbons (Fsp3) is 0.909. The molecule has 4 aliphatic carbocycles. The van der Waals surface area contributed by atoms with Crippen molar-refractivity contribution in [2.75, 3.05) is 0 Å². The molecule has 0 radical (unpaired) electrons. The summed E-state index contributed by atoms with van der Waals surface area (Å²) in [6, 6.07) is 0. The lowest BCUT2D eigenvalue weighted by Gasteiger charge is -2.59. The lowest BCUT2D eigenvalue weighted by atomic mass is 9.46. The van der Waals surface area contributed by atoms with Crippen molar-refractivity contribution >= 4 is 11.8 Å². The van der Waals surface area contributed by atoms with Gasteiger partial charge in [-0.25, -0.2) is 0 Å². The SMILES string of the molecule is CC(=O)O[C@H]1CC[C@]2(C)C3C[C@H]4O[C@]45[C@@H](C(C)=O)CC[C@]5(O)C3CC[C@@H]2C1. The second-order valence-electron chi connectivity index (χ2n) is 10.3. The van der Waals surface area contributed by atoms with Crippen molar-refractivity contribution in [3.8, 4) is 0 Å². The number of epoxide rings is 1. The summed E-state index contributed by atoms with van der Waals surface area (Å²) in [4.78, 5) is 23.6.